The average Bonchev–Trinajstić information content (AvgIpc) is 3.32. The van der Waals surface area contributed by atoms with E-state index in [0.29, 0.717) is 22.0 Å². The van der Waals surface area contributed by atoms with E-state index in [1.807, 2.05) is 0 Å². The van der Waals surface area contributed by atoms with Crippen LogP contribution < -0.4 is 0 Å². The minimum Gasteiger partial charge on any atom is -0.296 e. The summed E-state index contributed by atoms with van der Waals surface area (Å²) in [5.41, 5.74) is 2.36. The second kappa shape index (κ2) is 6.97. The molecule has 1 atom stereocenters. The first-order valence-corrected chi connectivity index (χ1v) is 11.5. The molecule has 7 heteroatoms. The fraction of sp³-hybridized carbons (Fsp3) is 0.273. The molecule has 2 aliphatic heterocycles. The van der Waals surface area contributed by atoms with Gasteiger partial charge in [0.25, 0.3) is 10.0 Å². The highest BCUT2D eigenvalue weighted by molar-refractivity contribution is 7.90. The second-order valence-corrected chi connectivity index (χ2v) is 9.93. The van der Waals surface area contributed by atoms with Crippen LogP contribution in [0.25, 0.3) is 16.5 Å². The molecule has 150 valence electrons. The summed E-state index contributed by atoms with van der Waals surface area (Å²) in [6, 6.07) is 10.8. The van der Waals surface area contributed by atoms with Crippen molar-refractivity contribution in [3.63, 3.8) is 0 Å². The van der Waals surface area contributed by atoms with E-state index in [1.54, 1.807) is 18.3 Å². The number of halogens is 2. The monoisotopic (exact) mass is 430 g/mol. The Bertz CT molecular complexity index is 1230. The van der Waals surface area contributed by atoms with Crippen molar-refractivity contribution in [2.45, 2.75) is 30.2 Å². The molecule has 0 amide bonds. The van der Waals surface area contributed by atoms with Crippen LogP contribution in [0.5, 0.6) is 0 Å². The summed E-state index contributed by atoms with van der Waals surface area (Å²) < 4.78 is 42.0. The summed E-state index contributed by atoms with van der Waals surface area (Å²) in [5, 5.41) is 1.10. The summed E-state index contributed by atoms with van der Waals surface area (Å²) in [5.74, 6) is -0.376. The van der Waals surface area contributed by atoms with Crippen LogP contribution in [0.1, 0.15) is 24.8 Å². The van der Waals surface area contributed by atoms with Crippen LogP contribution in [0.2, 0.25) is 5.02 Å². The molecule has 0 spiro atoms. The summed E-state index contributed by atoms with van der Waals surface area (Å²) in [4.78, 5) is 2.60. The van der Waals surface area contributed by atoms with Gasteiger partial charge in [-0.15, -0.1) is 0 Å². The Morgan fingerprint density at radius 3 is 2.69 bits per heavy atom. The van der Waals surface area contributed by atoms with E-state index in [-0.39, 0.29) is 10.7 Å². The van der Waals surface area contributed by atoms with Gasteiger partial charge in [0.15, 0.2) is 0 Å². The van der Waals surface area contributed by atoms with Crippen LogP contribution in [-0.4, -0.2) is 36.4 Å². The molecule has 0 aliphatic carbocycles. The molecular weight excluding hydrogens is 411 g/mol. The zero-order valence-corrected chi connectivity index (χ0v) is 17.3. The van der Waals surface area contributed by atoms with Crippen molar-refractivity contribution in [3.05, 3.63) is 71.1 Å². The van der Waals surface area contributed by atoms with Gasteiger partial charge in [0, 0.05) is 34.8 Å². The average molecular weight is 431 g/mol. The van der Waals surface area contributed by atoms with Crippen molar-refractivity contribution in [1.82, 2.24) is 8.87 Å². The predicted molar refractivity (Wildman–Crippen MR) is 113 cm³/mol. The molecule has 0 unspecified atom stereocenters. The Labute approximate surface area is 174 Å². The minimum atomic E-state index is -3.83. The third-order valence-electron chi connectivity index (χ3n) is 5.98. The number of fused-ring (bicyclic) bond motifs is 2. The summed E-state index contributed by atoms with van der Waals surface area (Å²) >= 11 is 5.92. The highest BCUT2D eigenvalue weighted by atomic mass is 35.5. The van der Waals surface area contributed by atoms with Crippen molar-refractivity contribution in [3.8, 4) is 0 Å². The van der Waals surface area contributed by atoms with E-state index < -0.39 is 10.0 Å². The van der Waals surface area contributed by atoms with E-state index in [0.717, 1.165) is 37.1 Å². The lowest BCUT2D eigenvalue weighted by Gasteiger charge is -2.29. The second-order valence-electron chi connectivity index (χ2n) is 7.68. The maximum Gasteiger partial charge on any atom is 0.268 e. The lowest BCUT2D eigenvalue weighted by Crippen LogP contribution is -2.32. The molecule has 0 saturated carbocycles. The molecule has 1 saturated heterocycles. The first-order valence-electron chi connectivity index (χ1n) is 9.69. The summed E-state index contributed by atoms with van der Waals surface area (Å²) in [6.07, 6.45) is 6.99. The largest absolute Gasteiger partial charge is 0.296 e. The first kappa shape index (κ1) is 18.9. The lowest BCUT2D eigenvalue weighted by molar-refractivity contribution is 0.275. The number of rotatable bonds is 3. The van der Waals surface area contributed by atoms with Crippen molar-refractivity contribution in [1.29, 1.82) is 0 Å². The third-order valence-corrected chi connectivity index (χ3v) is 7.92. The highest BCUT2D eigenvalue weighted by Crippen LogP contribution is 2.37. The molecule has 3 aromatic rings. The number of hydrogen-bond donors (Lipinski definition) is 0. The summed E-state index contributed by atoms with van der Waals surface area (Å²) in [6.45, 7) is 1.96. The van der Waals surface area contributed by atoms with Crippen LogP contribution in [0, 0.1) is 5.82 Å². The molecule has 2 aliphatic rings. The quantitative estimate of drug-likeness (QED) is 0.592. The van der Waals surface area contributed by atoms with Gasteiger partial charge in [0.05, 0.1) is 10.4 Å². The topological polar surface area (TPSA) is 42.3 Å². The maximum absolute atomic E-state index is 14.1. The molecular formula is C22H20ClFN2O2S. The van der Waals surface area contributed by atoms with Crippen LogP contribution in [0.4, 0.5) is 4.39 Å². The van der Waals surface area contributed by atoms with Gasteiger partial charge in [-0.1, -0.05) is 17.7 Å². The zero-order valence-electron chi connectivity index (χ0n) is 15.7. The SMILES string of the molecule is O=S(=O)(c1ccc(Cl)cc1)n1cc(C2=CCN3CCC[C@H]3C2)c2cc(F)ccc21. The highest BCUT2D eigenvalue weighted by Gasteiger charge is 2.30. The molecule has 29 heavy (non-hydrogen) atoms. The fourth-order valence-electron chi connectivity index (χ4n) is 4.50. The Morgan fingerprint density at radius 1 is 1.10 bits per heavy atom. The van der Waals surface area contributed by atoms with Gasteiger partial charge in [0.1, 0.15) is 5.82 Å². The molecule has 5 rings (SSSR count). The van der Waals surface area contributed by atoms with E-state index in [1.165, 1.54) is 40.7 Å². The first-order chi connectivity index (χ1) is 13.9. The molecule has 0 radical (unpaired) electrons. The molecule has 1 fully saturated rings. The molecule has 2 aromatic carbocycles. The number of hydrogen-bond acceptors (Lipinski definition) is 3. The van der Waals surface area contributed by atoms with E-state index >= 15 is 0 Å². The van der Waals surface area contributed by atoms with Gasteiger partial charge in [-0.2, -0.15) is 0 Å². The van der Waals surface area contributed by atoms with Gasteiger partial charge in [-0.05, 0) is 73.8 Å². The lowest BCUT2D eigenvalue weighted by atomic mass is 9.94. The Balaban J connectivity index is 1.67. The normalized spacial score (nSPS) is 20.1. The number of nitrogens with zero attached hydrogens (tertiary/aromatic N) is 2. The zero-order chi connectivity index (χ0) is 20.2. The van der Waals surface area contributed by atoms with Crippen LogP contribution in [0.3, 0.4) is 0 Å². The van der Waals surface area contributed by atoms with Crippen molar-refractivity contribution >= 4 is 38.1 Å². The van der Waals surface area contributed by atoms with E-state index in [9.17, 15) is 12.8 Å². The van der Waals surface area contributed by atoms with Crippen LogP contribution in [-0.2, 0) is 10.0 Å². The van der Waals surface area contributed by atoms with Crippen LogP contribution in [0.15, 0.2) is 59.6 Å². The third kappa shape index (κ3) is 3.19. The molecule has 0 N–H and O–H groups in total. The minimum absolute atomic E-state index is 0.147. The van der Waals surface area contributed by atoms with Gasteiger partial charge < -0.3 is 0 Å². The molecule has 3 heterocycles. The smallest absolute Gasteiger partial charge is 0.268 e. The van der Waals surface area contributed by atoms with Crippen molar-refractivity contribution in [2.24, 2.45) is 0 Å². The number of benzene rings is 2. The maximum atomic E-state index is 14.1. The van der Waals surface area contributed by atoms with Crippen molar-refractivity contribution < 1.29 is 12.8 Å². The van der Waals surface area contributed by atoms with Crippen LogP contribution >= 0.6 is 11.6 Å². The van der Waals surface area contributed by atoms with Crippen molar-refractivity contribution in [2.75, 3.05) is 13.1 Å². The molecule has 4 nitrogen and oxygen atoms in total. The van der Waals surface area contributed by atoms with Gasteiger partial charge >= 0.3 is 0 Å². The standard InChI is InChI=1S/C22H20ClFN2O2S/c23-16-3-6-19(7-4-16)29(27,28)26-14-21(20-13-17(24)5-8-22(20)26)15-9-11-25-10-1-2-18(25)12-15/h3-9,13-14,18H,1-2,10-12H2/t18-/m0/s1. The molecule has 0 bridgehead atoms. The fourth-order valence-corrected chi connectivity index (χ4v) is 5.99. The number of aromatic nitrogens is 1. The Morgan fingerprint density at radius 2 is 1.90 bits per heavy atom. The predicted octanol–water partition coefficient (Wildman–Crippen LogP) is 4.92. The van der Waals surface area contributed by atoms with Gasteiger partial charge in [-0.25, -0.2) is 16.8 Å². The van der Waals surface area contributed by atoms with E-state index in [4.69, 9.17) is 11.6 Å². The Kier molecular flexibility index (Phi) is 4.53. The van der Waals surface area contributed by atoms with Gasteiger partial charge in [-0.3, -0.25) is 4.90 Å². The van der Waals surface area contributed by atoms with Gasteiger partial charge in [0.2, 0.25) is 0 Å². The summed E-state index contributed by atoms with van der Waals surface area (Å²) in [7, 11) is -3.83. The molecule has 1 aromatic heterocycles. The Hall–Kier alpha value is -2.15. The van der Waals surface area contributed by atoms with E-state index in [2.05, 4.69) is 11.0 Å².